The molecule has 1 heterocycles. The van der Waals surface area contributed by atoms with Crippen LogP contribution in [0.4, 0.5) is 0 Å². The summed E-state index contributed by atoms with van der Waals surface area (Å²) in [5, 5.41) is 3.49. The summed E-state index contributed by atoms with van der Waals surface area (Å²) >= 11 is 11.9. The maximum atomic E-state index is 12.3. The van der Waals surface area contributed by atoms with Gasteiger partial charge in [-0.2, -0.15) is 0 Å². The first-order chi connectivity index (χ1) is 9.00. The Balaban J connectivity index is 2.22. The van der Waals surface area contributed by atoms with Crippen LogP contribution in [0.1, 0.15) is 19.3 Å². The van der Waals surface area contributed by atoms with E-state index in [9.17, 15) is 8.42 Å². The molecule has 106 valence electrons. The molecule has 2 rings (SSSR count). The van der Waals surface area contributed by atoms with Crippen LogP contribution in [0.25, 0.3) is 0 Å². The van der Waals surface area contributed by atoms with Crippen molar-refractivity contribution in [3.8, 4) is 0 Å². The van der Waals surface area contributed by atoms with Crippen LogP contribution in [0.2, 0.25) is 10.0 Å². The van der Waals surface area contributed by atoms with E-state index in [-0.39, 0.29) is 21.0 Å². The van der Waals surface area contributed by atoms with Crippen molar-refractivity contribution in [1.29, 1.82) is 0 Å². The van der Waals surface area contributed by atoms with Crippen LogP contribution >= 0.6 is 23.2 Å². The van der Waals surface area contributed by atoms with Gasteiger partial charge in [-0.05, 0) is 31.5 Å². The van der Waals surface area contributed by atoms with Gasteiger partial charge >= 0.3 is 0 Å². The number of rotatable bonds is 3. The van der Waals surface area contributed by atoms with E-state index in [4.69, 9.17) is 23.2 Å². The smallest absolute Gasteiger partial charge is 0.243 e. The van der Waals surface area contributed by atoms with Crippen molar-refractivity contribution < 1.29 is 8.42 Å². The largest absolute Gasteiger partial charge is 0.315 e. The molecule has 1 aromatic rings. The van der Waals surface area contributed by atoms with Gasteiger partial charge in [-0.1, -0.05) is 35.7 Å². The van der Waals surface area contributed by atoms with Gasteiger partial charge in [0.25, 0.3) is 0 Å². The fourth-order valence-electron chi connectivity index (χ4n) is 2.14. The Morgan fingerprint density at radius 2 is 1.89 bits per heavy atom. The topological polar surface area (TPSA) is 58.2 Å². The van der Waals surface area contributed by atoms with Crippen molar-refractivity contribution in [2.75, 3.05) is 13.1 Å². The molecule has 0 aliphatic carbocycles. The summed E-state index contributed by atoms with van der Waals surface area (Å²) in [7, 11) is -3.69. The van der Waals surface area contributed by atoms with E-state index in [1.54, 1.807) is 6.07 Å². The molecule has 0 bridgehead atoms. The fraction of sp³-hybridized carbons (Fsp3) is 0.500. The van der Waals surface area contributed by atoms with Crippen LogP contribution in [0.15, 0.2) is 23.1 Å². The molecule has 7 heteroatoms. The molecule has 0 aromatic heterocycles. The Morgan fingerprint density at radius 3 is 2.58 bits per heavy atom. The Bertz CT molecular complexity index is 520. The molecule has 0 saturated carbocycles. The highest BCUT2D eigenvalue weighted by Gasteiger charge is 2.25. The summed E-state index contributed by atoms with van der Waals surface area (Å²) < 4.78 is 27.4. The zero-order valence-electron chi connectivity index (χ0n) is 10.3. The first-order valence-electron chi connectivity index (χ1n) is 6.18. The first-order valence-corrected chi connectivity index (χ1v) is 8.41. The zero-order valence-corrected chi connectivity index (χ0v) is 12.7. The van der Waals surface area contributed by atoms with Gasteiger partial charge in [0.2, 0.25) is 10.0 Å². The van der Waals surface area contributed by atoms with E-state index in [0.29, 0.717) is 6.54 Å². The van der Waals surface area contributed by atoms with Crippen LogP contribution in [-0.4, -0.2) is 27.5 Å². The van der Waals surface area contributed by atoms with E-state index in [0.717, 1.165) is 25.8 Å². The quantitative estimate of drug-likeness (QED) is 0.898. The van der Waals surface area contributed by atoms with Crippen molar-refractivity contribution in [3.05, 3.63) is 28.2 Å². The van der Waals surface area contributed by atoms with Crippen molar-refractivity contribution >= 4 is 33.2 Å². The van der Waals surface area contributed by atoms with E-state index >= 15 is 0 Å². The van der Waals surface area contributed by atoms with Crippen LogP contribution < -0.4 is 10.0 Å². The van der Waals surface area contributed by atoms with Crippen molar-refractivity contribution in [2.45, 2.75) is 30.2 Å². The van der Waals surface area contributed by atoms with Crippen molar-refractivity contribution in [1.82, 2.24) is 10.0 Å². The number of nitrogens with one attached hydrogen (secondary N) is 2. The van der Waals surface area contributed by atoms with Crippen molar-refractivity contribution in [2.24, 2.45) is 0 Å². The van der Waals surface area contributed by atoms with Crippen LogP contribution in [-0.2, 0) is 10.0 Å². The Labute approximate surface area is 123 Å². The number of hydrogen-bond donors (Lipinski definition) is 2. The summed E-state index contributed by atoms with van der Waals surface area (Å²) in [6.45, 7) is 1.55. The molecule has 19 heavy (non-hydrogen) atoms. The number of halogens is 2. The second-order valence-corrected chi connectivity index (χ2v) is 7.03. The van der Waals surface area contributed by atoms with E-state index < -0.39 is 10.0 Å². The summed E-state index contributed by atoms with van der Waals surface area (Å²) in [5.74, 6) is 0. The van der Waals surface area contributed by atoms with Gasteiger partial charge in [-0.15, -0.1) is 0 Å². The van der Waals surface area contributed by atoms with Gasteiger partial charge < -0.3 is 5.32 Å². The molecule has 1 atom stereocenters. The lowest BCUT2D eigenvalue weighted by molar-refractivity contribution is 0.521. The average Bonchev–Trinajstić information content (AvgIpc) is 2.56. The molecular weight excluding hydrogens is 307 g/mol. The van der Waals surface area contributed by atoms with E-state index in [1.807, 2.05) is 0 Å². The third-order valence-electron chi connectivity index (χ3n) is 3.06. The zero-order chi connectivity index (χ0) is 13.9. The molecule has 1 aliphatic rings. The fourth-order valence-corrected chi connectivity index (χ4v) is 4.55. The summed E-state index contributed by atoms with van der Waals surface area (Å²) in [5.41, 5.74) is 0. The monoisotopic (exact) mass is 322 g/mol. The number of sulfonamides is 1. The lowest BCUT2D eigenvalue weighted by Crippen LogP contribution is -2.40. The minimum Gasteiger partial charge on any atom is -0.315 e. The third-order valence-corrected chi connectivity index (χ3v) is 5.53. The highest BCUT2D eigenvalue weighted by atomic mass is 35.5. The summed E-state index contributed by atoms with van der Waals surface area (Å²) in [6.07, 6.45) is 2.87. The second kappa shape index (κ2) is 6.41. The minimum absolute atomic E-state index is 0.0393. The maximum absolute atomic E-state index is 12.3. The van der Waals surface area contributed by atoms with Crippen LogP contribution in [0.3, 0.4) is 0 Å². The lowest BCUT2D eigenvalue weighted by atomic mass is 10.2. The molecule has 0 radical (unpaired) electrons. The highest BCUT2D eigenvalue weighted by Crippen LogP contribution is 2.29. The SMILES string of the molecule is O=S(=O)(NC1CCCCNC1)c1c(Cl)cccc1Cl. The summed E-state index contributed by atoms with van der Waals surface area (Å²) in [4.78, 5) is -0.0393. The number of hydrogen-bond acceptors (Lipinski definition) is 3. The molecule has 0 spiro atoms. The van der Waals surface area contributed by atoms with Crippen molar-refractivity contribution in [3.63, 3.8) is 0 Å². The van der Waals surface area contributed by atoms with Gasteiger partial charge in [-0.25, -0.2) is 13.1 Å². The standard InChI is InChI=1S/C12H16Cl2N2O2S/c13-10-5-3-6-11(14)12(10)19(17,18)16-9-4-1-2-7-15-8-9/h3,5-6,9,15-16H,1-2,4,7-8H2. The van der Waals surface area contributed by atoms with E-state index in [2.05, 4.69) is 10.0 Å². The molecule has 1 aliphatic heterocycles. The molecule has 1 unspecified atom stereocenters. The predicted octanol–water partition coefficient (Wildman–Crippen LogP) is 2.41. The highest BCUT2D eigenvalue weighted by molar-refractivity contribution is 7.89. The summed E-state index contributed by atoms with van der Waals surface area (Å²) in [6, 6.07) is 4.54. The van der Waals surface area contributed by atoms with Crippen LogP contribution in [0, 0.1) is 0 Å². The molecule has 2 N–H and O–H groups in total. The number of benzene rings is 1. The van der Waals surface area contributed by atoms with Gasteiger partial charge in [0.05, 0.1) is 10.0 Å². The van der Waals surface area contributed by atoms with Crippen LogP contribution in [0.5, 0.6) is 0 Å². The first kappa shape index (κ1) is 15.1. The molecule has 1 aromatic carbocycles. The predicted molar refractivity (Wildman–Crippen MR) is 77.3 cm³/mol. The van der Waals surface area contributed by atoms with Gasteiger partial charge in [-0.3, -0.25) is 0 Å². The Hall–Kier alpha value is -0.330. The second-order valence-electron chi connectivity index (χ2n) is 4.57. The third kappa shape index (κ3) is 3.83. The molecule has 0 amide bonds. The van der Waals surface area contributed by atoms with Gasteiger partial charge in [0.1, 0.15) is 4.90 Å². The van der Waals surface area contributed by atoms with Gasteiger partial charge in [0, 0.05) is 12.6 Å². The minimum atomic E-state index is -3.69. The maximum Gasteiger partial charge on any atom is 0.243 e. The molecule has 4 nitrogen and oxygen atoms in total. The van der Waals surface area contributed by atoms with E-state index in [1.165, 1.54) is 12.1 Å². The average molecular weight is 323 g/mol. The Morgan fingerprint density at radius 1 is 1.21 bits per heavy atom. The molecular formula is C12H16Cl2N2O2S. The molecule has 1 fully saturated rings. The lowest BCUT2D eigenvalue weighted by Gasteiger charge is -2.17. The molecule has 1 saturated heterocycles. The Kier molecular flexibility index (Phi) is 5.09. The van der Waals surface area contributed by atoms with Gasteiger partial charge in [0.15, 0.2) is 0 Å². The normalized spacial score (nSPS) is 21.1.